The number of phenols is 1. The van der Waals surface area contributed by atoms with E-state index in [-0.39, 0.29) is 43.1 Å². The molecule has 1 heterocycles. The normalized spacial score (nSPS) is 22.3. The molecule has 1 aliphatic heterocycles. The summed E-state index contributed by atoms with van der Waals surface area (Å²) in [6.45, 7) is 5.92. The van der Waals surface area contributed by atoms with Gasteiger partial charge in [0.2, 0.25) is 11.8 Å². The van der Waals surface area contributed by atoms with Gasteiger partial charge in [-0.05, 0) is 73.8 Å². The van der Waals surface area contributed by atoms with Crippen LogP contribution >= 0.6 is 11.6 Å². The monoisotopic (exact) mass is 575 g/mol. The number of aliphatic hydroxyl groups excluding tert-OH is 2. The number of phenolic OH excluding ortho intramolecular Hbond substituents is 1. The first-order chi connectivity index (χ1) is 19.0. The maximum Gasteiger partial charge on any atom is 0.303 e. The molecule has 0 radical (unpaired) electrons. The van der Waals surface area contributed by atoms with Crippen molar-refractivity contribution >= 4 is 35.5 Å². The highest BCUT2D eigenvalue weighted by Crippen LogP contribution is 2.48. The number of carbonyl (C=O) groups excluding carboxylic acids is 2. The van der Waals surface area contributed by atoms with Crippen LogP contribution in [0.2, 0.25) is 5.02 Å². The van der Waals surface area contributed by atoms with Crippen LogP contribution in [-0.2, 0) is 14.4 Å². The minimum Gasteiger partial charge on any atom is -0.508 e. The smallest absolute Gasteiger partial charge is 0.303 e. The van der Waals surface area contributed by atoms with Crippen molar-refractivity contribution in [3.63, 3.8) is 0 Å². The summed E-state index contributed by atoms with van der Waals surface area (Å²) in [6, 6.07) is 4.80. The molecule has 1 aromatic rings. The van der Waals surface area contributed by atoms with Gasteiger partial charge in [-0.1, -0.05) is 56.0 Å². The molecule has 40 heavy (non-hydrogen) atoms. The maximum atomic E-state index is 13.5. The molecule has 4 N–H and O–H groups in total. The number of carboxylic acids is 1. The fraction of sp³-hybridized carbons (Fsp3) is 0.581. The molecule has 1 fully saturated rings. The van der Waals surface area contributed by atoms with E-state index in [2.05, 4.69) is 0 Å². The van der Waals surface area contributed by atoms with E-state index >= 15 is 0 Å². The number of likely N-dealkylation sites (tertiary alicyclic amines) is 1. The summed E-state index contributed by atoms with van der Waals surface area (Å²) in [5.74, 6) is -3.19. The molecule has 1 aromatic carbocycles. The quantitative estimate of drug-likeness (QED) is 0.136. The number of carboxylic acid groups (broad SMARTS) is 1. The lowest BCUT2D eigenvalue weighted by atomic mass is 9.66. The lowest BCUT2D eigenvalue weighted by molar-refractivity contribution is -0.141. The number of benzene rings is 1. The molecule has 0 unspecified atom stereocenters. The van der Waals surface area contributed by atoms with Crippen LogP contribution in [0.4, 0.5) is 0 Å². The molecule has 8 nitrogen and oxygen atoms in total. The molecule has 3 rings (SSSR count). The number of imide groups is 1. The first-order valence-electron chi connectivity index (χ1n) is 14.3. The Morgan fingerprint density at radius 3 is 2.48 bits per heavy atom. The lowest BCUT2D eigenvalue weighted by Gasteiger charge is -2.38. The maximum absolute atomic E-state index is 13.5. The van der Waals surface area contributed by atoms with Crippen LogP contribution in [0.5, 0.6) is 5.75 Å². The zero-order chi connectivity index (χ0) is 29.6. The number of aliphatic hydroxyl groups is 2. The van der Waals surface area contributed by atoms with Crippen molar-refractivity contribution in [3.05, 3.63) is 45.5 Å². The van der Waals surface area contributed by atoms with E-state index in [9.17, 15) is 29.7 Å². The van der Waals surface area contributed by atoms with Gasteiger partial charge in [0, 0.05) is 18.9 Å². The van der Waals surface area contributed by atoms with Crippen LogP contribution in [0.3, 0.4) is 0 Å². The molecule has 1 saturated heterocycles. The topological polar surface area (TPSA) is 135 Å². The number of rotatable bonds is 14. The number of hydrogen-bond donors (Lipinski definition) is 4. The molecule has 0 aromatic heterocycles. The fourth-order valence-electron chi connectivity index (χ4n) is 6.13. The number of fused-ring (bicyclic) bond motifs is 1. The molecule has 0 saturated carbocycles. The standard InChI is InChI=1S/C31H42ClNO7/c1-4-19(14-20-10-11-21(35)15-25(20)32)9-12-26(36)28-22(18(2)3)16-23-29(24(28)17-34)31(40)33(30(23)39)13-7-5-6-8-27(37)38/h10-11,14-15,18,23-24,26,29,34-36H,4-9,12-13,16-17H2,1-3H3,(H,37,38)/b19-14+/t23-,24+,26-,29-/m1/s1. The summed E-state index contributed by atoms with van der Waals surface area (Å²) in [4.78, 5) is 38.8. The first-order valence-corrected chi connectivity index (χ1v) is 14.6. The van der Waals surface area contributed by atoms with Gasteiger partial charge in [0.05, 0.1) is 29.6 Å². The first kappa shape index (κ1) is 31.8. The highest BCUT2D eigenvalue weighted by atomic mass is 35.5. The highest BCUT2D eigenvalue weighted by molar-refractivity contribution is 6.32. The largest absolute Gasteiger partial charge is 0.508 e. The van der Waals surface area contributed by atoms with E-state index in [1.807, 2.05) is 26.8 Å². The summed E-state index contributed by atoms with van der Waals surface area (Å²) >= 11 is 6.28. The summed E-state index contributed by atoms with van der Waals surface area (Å²) in [5.41, 5.74) is 3.45. The number of aliphatic carboxylic acids is 1. The van der Waals surface area contributed by atoms with Crippen LogP contribution in [0.25, 0.3) is 6.08 Å². The van der Waals surface area contributed by atoms with E-state index in [1.54, 1.807) is 12.1 Å². The van der Waals surface area contributed by atoms with Gasteiger partial charge in [-0.25, -0.2) is 0 Å². The number of carbonyl (C=O) groups is 3. The molecule has 220 valence electrons. The number of unbranched alkanes of at least 4 members (excludes halogenated alkanes) is 2. The summed E-state index contributed by atoms with van der Waals surface area (Å²) in [7, 11) is 0. The Balaban J connectivity index is 1.78. The molecule has 4 atom stereocenters. The van der Waals surface area contributed by atoms with Crippen LogP contribution in [0, 0.1) is 23.7 Å². The third kappa shape index (κ3) is 7.33. The van der Waals surface area contributed by atoms with Crippen molar-refractivity contribution in [2.45, 2.75) is 78.2 Å². The van der Waals surface area contributed by atoms with E-state index in [1.165, 1.54) is 11.0 Å². The Kier molecular flexibility index (Phi) is 11.4. The SMILES string of the molecule is CC/C(=C\c1ccc(O)cc1Cl)CC[C@@H](O)C1=C(C(C)C)C[C@H]2C(=O)N(CCCCCC(=O)O)C(=O)[C@H]2[C@H]1CO. The number of nitrogens with zero attached hydrogens (tertiary/aromatic N) is 1. The molecular formula is C31H42ClNO7. The Bertz CT molecular complexity index is 1160. The molecule has 0 spiro atoms. The molecule has 0 bridgehead atoms. The number of aromatic hydroxyl groups is 1. The molecular weight excluding hydrogens is 534 g/mol. The summed E-state index contributed by atoms with van der Waals surface area (Å²) < 4.78 is 0. The van der Waals surface area contributed by atoms with Gasteiger partial charge in [0.25, 0.3) is 0 Å². The predicted molar refractivity (Wildman–Crippen MR) is 153 cm³/mol. The number of halogens is 1. The van der Waals surface area contributed by atoms with Gasteiger partial charge in [-0.15, -0.1) is 0 Å². The van der Waals surface area contributed by atoms with Gasteiger partial charge in [-0.3, -0.25) is 19.3 Å². The van der Waals surface area contributed by atoms with Crippen LogP contribution in [-0.4, -0.2) is 62.4 Å². The molecule has 1 aliphatic carbocycles. The van der Waals surface area contributed by atoms with Crippen LogP contribution in [0.15, 0.2) is 34.9 Å². The van der Waals surface area contributed by atoms with E-state index in [0.29, 0.717) is 49.1 Å². The van der Waals surface area contributed by atoms with Gasteiger partial charge in [-0.2, -0.15) is 0 Å². The van der Waals surface area contributed by atoms with Crippen LogP contribution < -0.4 is 0 Å². The second-order valence-electron chi connectivity index (χ2n) is 11.2. The fourth-order valence-corrected chi connectivity index (χ4v) is 6.36. The Labute approximate surface area is 241 Å². The van der Waals surface area contributed by atoms with Crippen LogP contribution in [0.1, 0.15) is 77.7 Å². The zero-order valence-electron chi connectivity index (χ0n) is 23.6. The van der Waals surface area contributed by atoms with Gasteiger partial charge in [0.15, 0.2) is 0 Å². The third-order valence-corrected chi connectivity index (χ3v) is 8.60. The minimum atomic E-state index is -0.881. The second-order valence-corrected chi connectivity index (χ2v) is 11.6. The molecule has 9 heteroatoms. The molecule has 2 amide bonds. The van der Waals surface area contributed by atoms with Gasteiger partial charge < -0.3 is 20.4 Å². The van der Waals surface area contributed by atoms with Crippen molar-refractivity contribution in [2.75, 3.05) is 13.2 Å². The number of hydrogen-bond acceptors (Lipinski definition) is 6. The van der Waals surface area contributed by atoms with Crippen molar-refractivity contribution in [1.82, 2.24) is 4.90 Å². The Morgan fingerprint density at radius 1 is 1.15 bits per heavy atom. The van der Waals surface area contributed by atoms with Gasteiger partial charge >= 0.3 is 5.97 Å². The Hall–Kier alpha value is -2.68. The van der Waals surface area contributed by atoms with Crippen molar-refractivity contribution in [1.29, 1.82) is 0 Å². The van der Waals surface area contributed by atoms with Gasteiger partial charge in [0.1, 0.15) is 5.75 Å². The highest BCUT2D eigenvalue weighted by Gasteiger charge is 2.54. The molecule has 2 aliphatic rings. The predicted octanol–water partition coefficient (Wildman–Crippen LogP) is 5.19. The average molecular weight is 576 g/mol. The zero-order valence-corrected chi connectivity index (χ0v) is 24.4. The number of amides is 2. The van der Waals surface area contributed by atoms with E-state index < -0.39 is 29.8 Å². The Morgan fingerprint density at radius 2 is 1.88 bits per heavy atom. The minimum absolute atomic E-state index is 0.0320. The van der Waals surface area contributed by atoms with E-state index in [0.717, 1.165) is 23.1 Å². The van der Waals surface area contributed by atoms with Crippen molar-refractivity contribution < 1.29 is 34.8 Å². The number of allylic oxidation sites excluding steroid dienone is 2. The third-order valence-electron chi connectivity index (χ3n) is 8.27. The average Bonchev–Trinajstić information content (AvgIpc) is 3.14. The van der Waals surface area contributed by atoms with Crippen molar-refractivity contribution in [3.8, 4) is 5.75 Å². The van der Waals surface area contributed by atoms with Crippen molar-refractivity contribution in [2.24, 2.45) is 23.7 Å². The van der Waals surface area contributed by atoms with E-state index in [4.69, 9.17) is 16.7 Å². The second kappa shape index (κ2) is 14.3. The lowest BCUT2D eigenvalue weighted by Crippen LogP contribution is -2.40. The summed E-state index contributed by atoms with van der Waals surface area (Å²) in [6.07, 6.45) is 4.84. The summed E-state index contributed by atoms with van der Waals surface area (Å²) in [5, 5.41) is 40.9.